The Hall–Kier alpha value is -2.58. The lowest BCUT2D eigenvalue weighted by atomic mass is 10.0. The number of hydrogen-bond acceptors (Lipinski definition) is 4. The lowest BCUT2D eigenvalue weighted by molar-refractivity contribution is -0.335. The van der Waals surface area contributed by atoms with Gasteiger partial charge >= 0.3 is 6.36 Å². The van der Waals surface area contributed by atoms with Crippen molar-refractivity contribution in [2.75, 3.05) is 6.54 Å². The molecule has 1 aliphatic heterocycles. The summed E-state index contributed by atoms with van der Waals surface area (Å²) in [6, 6.07) is 7.31. The van der Waals surface area contributed by atoms with Crippen LogP contribution in [0.3, 0.4) is 0 Å². The molecule has 2 aliphatic rings. The first kappa shape index (κ1) is 19.7. The van der Waals surface area contributed by atoms with Crippen LogP contribution in [0, 0.1) is 0 Å². The Morgan fingerprint density at radius 3 is 2.76 bits per heavy atom. The second-order valence-corrected chi connectivity index (χ2v) is 7.33. The zero-order valence-electron chi connectivity index (χ0n) is 16.0. The number of aromatic hydroxyl groups is 1. The monoisotopic (exact) mass is 405 g/mol. The van der Waals surface area contributed by atoms with Gasteiger partial charge in [0.25, 0.3) is 0 Å². The maximum atomic E-state index is 12.4. The molecule has 1 N–H and O–H groups in total. The quantitative estimate of drug-likeness (QED) is 0.838. The van der Waals surface area contributed by atoms with Gasteiger partial charge in [-0.1, -0.05) is 36.4 Å². The molecule has 5 nitrogen and oxygen atoms in total. The molecule has 2 aromatic rings. The van der Waals surface area contributed by atoms with E-state index in [9.17, 15) is 18.3 Å². The summed E-state index contributed by atoms with van der Waals surface area (Å²) in [6.45, 7) is 2.17. The third-order valence-corrected chi connectivity index (χ3v) is 5.32. The Morgan fingerprint density at radius 1 is 1.28 bits per heavy atom. The van der Waals surface area contributed by atoms with Gasteiger partial charge in [0.15, 0.2) is 0 Å². The van der Waals surface area contributed by atoms with E-state index in [4.69, 9.17) is 4.98 Å². The number of benzene rings is 1. The molecule has 1 aromatic heterocycles. The van der Waals surface area contributed by atoms with Crippen molar-refractivity contribution in [2.45, 2.75) is 38.4 Å². The first-order valence-corrected chi connectivity index (χ1v) is 9.47. The van der Waals surface area contributed by atoms with Crippen LogP contribution in [0.5, 0.6) is 5.75 Å². The summed E-state index contributed by atoms with van der Waals surface area (Å²) in [5.74, 6) is 1.04. The highest BCUT2D eigenvalue weighted by atomic mass is 19.4. The van der Waals surface area contributed by atoms with Crippen molar-refractivity contribution in [3.05, 3.63) is 65.3 Å². The standard InChI is InChI=1S/C21H22F3N3O2/c1-26-18-13-27(12-15-4-2-3-5-19(15)28)11-10-17(18)25-20(26)14-6-8-16(9-7-14)29-21(22,23)24/h2-8,16,28H,9-13H2,1H3. The topological polar surface area (TPSA) is 50.5 Å². The zero-order chi connectivity index (χ0) is 20.6. The Morgan fingerprint density at radius 2 is 2.07 bits per heavy atom. The van der Waals surface area contributed by atoms with Gasteiger partial charge in [-0.2, -0.15) is 0 Å². The van der Waals surface area contributed by atoms with E-state index in [-0.39, 0.29) is 12.2 Å². The van der Waals surface area contributed by atoms with Crippen molar-refractivity contribution in [3.63, 3.8) is 0 Å². The Bertz CT molecular complexity index is 963. The zero-order valence-corrected chi connectivity index (χ0v) is 16.0. The summed E-state index contributed by atoms with van der Waals surface area (Å²) < 4.78 is 43.2. The van der Waals surface area contributed by atoms with Gasteiger partial charge in [-0.05, 0) is 12.5 Å². The third kappa shape index (κ3) is 4.38. The number of phenols is 1. The van der Waals surface area contributed by atoms with Crippen molar-refractivity contribution < 1.29 is 23.0 Å². The van der Waals surface area contributed by atoms with Crippen molar-refractivity contribution in [1.82, 2.24) is 14.5 Å². The molecule has 0 amide bonds. The normalized spacial score (nSPS) is 19.9. The van der Waals surface area contributed by atoms with E-state index >= 15 is 0 Å². The SMILES string of the molecule is Cn1c(C2=CCC(OC(F)(F)F)C=C2)nc2c1CN(Cc1ccccc1O)CC2. The molecule has 0 saturated heterocycles. The Labute approximate surface area is 166 Å². The van der Waals surface area contributed by atoms with Crippen LogP contribution in [0.25, 0.3) is 5.57 Å². The van der Waals surface area contributed by atoms with E-state index < -0.39 is 12.5 Å². The average Bonchev–Trinajstić information content (AvgIpc) is 2.99. The molecule has 0 saturated carbocycles. The molecule has 0 radical (unpaired) electrons. The van der Waals surface area contributed by atoms with Gasteiger partial charge in [0.2, 0.25) is 0 Å². The van der Waals surface area contributed by atoms with Gasteiger partial charge < -0.3 is 9.67 Å². The highest BCUT2D eigenvalue weighted by Gasteiger charge is 2.33. The van der Waals surface area contributed by atoms with E-state index in [1.807, 2.05) is 23.7 Å². The fourth-order valence-electron chi connectivity index (χ4n) is 3.85. The number of rotatable bonds is 4. The third-order valence-electron chi connectivity index (χ3n) is 5.32. The molecule has 0 bridgehead atoms. The minimum atomic E-state index is -4.64. The fraction of sp³-hybridized carbons (Fsp3) is 0.381. The van der Waals surface area contributed by atoms with Crippen LogP contribution in [0.15, 0.2) is 42.5 Å². The Kier molecular flexibility index (Phi) is 5.23. The van der Waals surface area contributed by atoms with Crippen LogP contribution in [0.4, 0.5) is 13.2 Å². The summed E-state index contributed by atoms with van der Waals surface area (Å²) in [5, 5.41) is 10.0. The fourth-order valence-corrected chi connectivity index (χ4v) is 3.85. The number of aromatic nitrogens is 2. The van der Waals surface area contributed by atoms with Crippen molar-refractivity contribution in [3.8, 4) is 5.75 Å². The number of para-hydroxylation sites is 1. The molecule has 1 unspecified atom stereocenters. The van der Waals surface area contributed by atoms with Gasteiger partial charge in [-0.3, -0.25) is 9.64 Å². The first-order valence-electron chi connectivity index (χ1n) is 9.47. The highest BCUT2D eigenvalue weighted by Crippen LogP contribution is 2.30. The predicted molar refractivity (Wildman–Crippen MR) is 102 cm³/mol. The number of ether oxygens (including phenoxy) is 1. The van der Waals surface area contributed by atoms with Crippen molar-refractivity contribution >= 4 is 5.57 Å². The first-order chi connectivity index (χ1) is 13.8. The summed E-state index contributed by atoms with van der Waals surface area (Å²) in [4.78, 5) is 6.99. The highest BCUT2D eigenvalue weighted by molar-refractivity contribution is 5.71. The van der Waals surface area contributed by atoms with Gasteiger partial charge in [-0.25, -0.2) is 4.98 Å². The molecule has 2 heterocycles. The molecule has 29 heavy (non-hydrogen) atoms. The molecule has 0 spiro atoms. The predicted octanol–water partition coefficient (Wildman–Crippen LogP) is 3.93. The van der Waals surface area contributed by atoms with Crippen LogP contribution in [-0.2, 0) is 31.3 Å². The van der Waals surface area contributed by atoms with Crippen LogP contribution in [0.2, 0.25) is 0 Å². The van der Waals surface area contributed by atoms with E-state index in [2.05, 4.69) is 9.64 Å². The van der Waals surface area contributed by atoms with Gasteiger partial charge in [0.05, 0.1) is 17.5 Å². The minimum Gasteiger partial charge on any atom is -0.508 e. The number of phenolic OH excluding ortho intramolecular Hbond substituents is 1. The van der Waals surface area contributed by atoms with Gasteiger partial charge in [0, 0.05) is 44.2 Å². The summed E-state index contributed by atoms with van der Waals surface area (Å²) in [5.41, 5.74) is 3.78. The molecular formula is C21H22F3N3O2. The molecule has 1 aromatic carbocycles. The van der Waals surface area contributed by atoms with Crippen LogP contribution < -0.4 is 0 Å². The molecule has 1 atom stereocenters. The molecular weight excluding hydrogens is 383 g/mol. The number of hydrogen-bond donors (Lipinski definition) is 1. The van der Waals surface area contributed by atoms with E-state index in [1.165, 1.54) is 6.08 Å². The number of imidazole rings is 1. The van der Waals surface area contributed by atoms with Crippen LogP contribution in [-0.4, -0.2) is 38.6 Å². The van der Waals surface area contributed by atoms with Crippen LogP contribution in [0.1, 0.15) is 29.2 Å². The van der Waals surface area contributed by atoms with Gasteiger partial charge in [0.1, 0.15) is 11.6 Å². The summed E-state index contributed by atoms with van der Waals surface area (Å²) >= 11 is 0. The van der Waals surface area contributed by atoms with Crippen molar-refractivity contribution in [1.29, 1.82) is 0 Å². The maximum Gasteiger partial charge on any atom is 0.523 e. The number of halogens is 3. The number of allylic oxidation sites excluding steroid dienone is 2. The summed E-state index contributed by atoms with van der Waals surface area (Å²) in [6.07, 6.45) is 0.121. The van der Waals surface area contributed by atoms with E-state index in [0.717, 1.165) is 41.3 Å². The van der Waals surface area contributed by atoms with E-state index in [0.29, 0.717) is 13.1 Å². The molecule has 0 fully saturated rings. The van der Waals surface area contributed by atoms with Crippen molar-refractivity contribution in [2.24, 2.45) is 7.05 Å². The second-order valence-electron chi connectivity index (χ2n) is 7.33. The molecule has 154 valence electrons. The lowest BCUT2D eigenvalue weighted by Crippen LogP contribution is -2.31. The summed E-state index contributed by atoms with van der Waals surface area (Å²) in [7, 11) is 1.93. The number of nitrogens with zero attached hydrogens (tertiary/aromatic N) is 3. The van der Waals surface area contributed by atoms with Crippen LogP contribution >= 0.6 is 0 Å². The smallest absolute Gasteiger partial charge is 0.508 e. The average molecular weight is 405 g/mol. The largest absolute Gasteiger partial charge is 0.523 e. The molecule has 4 rings (SSSR count). The molecule has 8 heteroatoms. The van der Waals surface area contributed by atoms with E-state index in [1.54, 1.807) is 24.3 Å². The Balaban J connectivity index is 1.48. The van der Waals surface area contributed by atoms with Gasteiger partial charge in [-0.15, -0.1) is 13.2 Å². The molecule has 1 aliphatic carbocycles. The number of fused-ring (bicyclic) bond motifs is 1. The second kappa shape index (κ2) is 7.68. The maximum absolute atomic E-state index is 12.4. The lowest BCUT2D eigenvalue weighted by Gasteiger charge is -2.27. The number of alkyl halides is 3. The minimum absolute atomic E-state index is 0.155.